The van der Waals surface area contributed by atoms with Gasteiger partial charge in [0.2, 0.25) is 0 Å². The molecular weight excluding hydrogens is 428 g/mol. The third-order valence-corrected chi connectivity index (χ3v) is 8.27. The fourth-order valence-electron chi connectivity index (χ4n) is 5.71. The second kappa shape index (κ2) is 25.1. The lowest BCUT2D eigenvalue weighted by Gasteiger charge is -2.30. The van der Waals surface area contributed by atoms with Gasteiger partial charge in [0.15, 0.2) is 0 Å². The first-order chi connectivity index (χ1) is 17.0. The van der Waals surface area contributed by atoms with Crippen LogP contribution in [0.4, 0.5) is 0 Å². The van der Waals surface area contributed by atoms with Crippen molar-refractivity contribution in [3.05, 3.63) is 0 Å². The molecule has 1 N–H and O–H groups in total. The van der Waals surface area contributed by atoms with Crippen molar-refractivity contribution in [1.29, 1.82) is 0 Å². The van der Waals surface area contributed by atoms with Crippen LogP contribution in [-0.4, -0.2) is 11.1 Å². The van der Waals surface area contributed by atoms with Gasteiger partial charge in [-0.1, -0.05) is 175 Å². The van der Waals surface area contributed by atoms with E-state index in [1.165, 1.54) is 148 Å². The number of carboxylic acid groups (broad SMARTS) is 1. The summed E-state index contributed by atoms with van der Waals surface area (Å²) in [6, 6.07) is 0. The molecule has 2 atom stereocenters. The van der Waals surface area contributed by atoms with E-state index in [1.807, 2.05) is 6.92 Å². The van der Waals surface area contributed by atoms with Crippen LogP contribution in [0.1, 0.15) is 195 Å². The quantitative estimate of drug-likeness (QED) is 0.110. The van der Waals surface area contributed by atoms with Gasteiger partial charge in [0.05, 0.1) is 5.41 Å². The fourth-order valence-corrected chi connectivity index (χ4v) is 5.71. The molecule has 2 nitrogen and oxygen atoms in total. The number of aliphatic carboxylic acids is 1. The van der Waals surface area contributed by atoms with Crippen LogP contribution in [0.25, 0.3) is 0 Å². The number of carbonyl (C=O) groups is 1. The monoisotopic (exact) mass is 495 g/mol. The Hall–Kier alpha value is -0.530. The van der Waals surface area contributed by atoms with Gasteiger partial charge in [-0.15, -0.1) is 0 Å². The van der Waals surface area contributed by atoms with E-state index in [0.717, 1.165) is 19.3 Å². The first-order valence-corrected chi connectivity index (χ1v) is 16.2. The molecule has 0 radical (unpaired) electrons. The Morgan fingerprint density at radius 3 is 1.26 bits per heavy atom. The summed E-state index contributed by atoms with van der Waals surface area (Å²) in [5.74, 6) is 0.0367. The molecule has 2 unspecified atom stereocenters. The van der Waals surface area contributed by atoms with Crippen LogP contribution in [0.15, 0.2) is 0 Å². The Balaban J connectivity index is 4.11. The molecule has 0 amide bonds. The molecule has 0 rings (SSSR count). The van der Waals surface area contributed by atoms with E-state index in [4.69, 9.17) is 0 Å². The SMILES string of the molecule is CCCCCCCCCCCCCCCCC(C)(CC(CCCCC)CCCCCCC)C(=O)O. The number of hydrogen-bond donors (Lipinski definition) is 1. The highest BCUT2D eigenvalue weighted by Crippen LogP contribution is 2.37. The Labute approximate surface area is 221 Å². The maximum absolute atomic E-state index is 12.3. The predicted octanol–water partition coefficient (Wildman–Crippen LogP) is 11.9. The molecule has 0 fully saturated rings. The minimum Gasteiger partial charge on any atom is -0.481 e. The Morgan fingerprint density at radius 2 is 0.857 bits per heavy atom. The zero-order chi connectivity index (χ0) is 26.0. The molecule has 0 aromatic carbocycles. The van der Waals surface area contributed by atoms with Crippen molar-refractivity contribution in [2.45, 2.75) is 195 Å². The molecule has 0 spiro atoms. The van der Waals surface area contributed by atoms with Gasteiger partial charge in [-0.3, -0.25) is 4.79 Å². The number of hydrogen-bond acceptors (Lipinski definition) is 1. The van der Waals surface area contributed by atoms with Crippen molar-refractivity contribution < 1.29 is 9.90 Å². The van der Waals surface area contributed by atoms with E-state index >= 15 is 0 Å². The van der Waals surface area contributed by atoms with Crippen LogP contribution in [0.2, 0.25) is 0 Å². The molecule has 0 aliphatic heterocycles. The van der Waals surface area contributed by atoms with Crippen molar-refractivity contribution in [1.82, 2.24) is 0 Å². The molecule has 35 heavy (non-hydrogen) atoms. The highest BCUT2D eigenvalue weighted by atomic mass is 16.4. The largest absolute Gasteiger partial charge is 0.481 e. The van der Waals surface area contributed by atoms with E-state index in [1.54, 1.807) is 0 Å². The summed E-state index contributed by atoms with van der Waals surface area (Å²) in [5.41, 5.74) is -0.530. The lowest BCUT2D eigenvalue weighted by atomic mass is 9.74. The third-order valence-electron chi connectivity index (χ3n) is 8.27. The lowest BCUT2D eigenvalue weighted by molar-refractivity contribution is -0.149. The van der Waals surface area contributed by atoms with Gasteiger partial charge in [-0.05, 0) is 25.7 Å². The number of unbranched alkanes of at least 4 members (excludes halogenated alkanes) is 19. The summed E-state index contributed by atoms with van der Waals surface area (Å²) in [6.07, 6.45) is 33.5. The number of carboxylic acids is 1. The third kappa shape index (κ3) is 21.3. The van der Waals surface area contributed by atoms with Gasteiger partial charge in [-0.25, -0.2) is 0 Å². The smallest absolute Gasteiger partial charge is 0.309 e. The molecule has 0 saturated heterocycles. The number of rotatable bonds is 28. The molecular formula is C33H66O2. The van der Waals surface area contributed by atoms with Crippen molar-refractivity contribution in [3.8, 4) is 0 Å². The summed E-state index contributed by atoms with van der Waals surface area (Å²) >= 11 is 0. The van der Waals surface area contributed by atoms with Crippen molar-refractivity contribution in [3.63, 3.8) is 0 Å². The van der Waals surface area contributed by atoms with E-state index < -0.39 is 11.4 Å². The van der Waals surface area contributed by atoms with Crippen LogP contribution in [0.3, 0.4) is 0 Å². The molecule has 0 saturated carbocycles. The molecule has 0 aromatic heterocycles. The van der Waals surface area contributed by atoms with Gasteiger partial charge < -0.3 is 5.11 Å². The maximum Gasteiger partial charge on any atom is 0.309 e. The highest BCUT2D eigenvalue weighted by Gasteiger charge is 2.34. The minimum atomic E-state index is -0.557. The van der Waals surface area contributed by atoms with Crippen LogP contribution < -0.4 is 0 Å². The lowest BCUT2D eigenvalue weighted by Crippen LogP contribution is -2.30. The highest BCUT2D eigenvalue weighted by molar-refractivity contribution is 5.74. The standard InChI is InChI=1S/C33H66O2/c1-5-8-11-13-14-15-16-17-18-19-20-21-23-26-29-33(4,32(34)35)30-31(27-24-10-7-3)28-25-22-12-9-6-2/h31H,5-30H2,1-4H3,(H,34,35). The summed E-state index contributed by atoms with van der Waals surface area (Å²) in [4.78, 5) is 12.3. The normalized spacial score (nSPS) is 14.2. The topological polar surface area (TPSA) is 37.3 Å². The Kier molecular flexibility index (Phi) is 24.8. The maximum atomic E-state index is 12.3. The zero-order valence-corrected chi connectivity index (χ0v) is 24.8. The van der Waals surface area contributed by atoms with Crippen LogP contribution >= 0.6 is 0 Å². The molecule has 0 aromatic rings. The zero-order valence-electron chi connectivity index (χ0n) is 24.8. The molecule has 0 aliphatic carbocycles. The predicted molar refractivity (Wildman–Crippen MR) is 156 cm³/mol. The minimum absolute atomic E-state index is 0.530. The van der Waals surface area contributed by atoms with Crippen molar-refractivity contribution in [2.24, 2.45) is 11.3 Å². The first-order valence-electron chi connectivity index (χ1n) is 16.2. The Bertz CT molecular complexity index is 446. The van der Waals surface area contributed by atoms with E-state index in [0.29, 0.717) is 5.92 Å². The molecule has 0 heterocycles. The fraction of sp³-hybridized carbons (Fsp3) is 0.970. The van der Waals surface area contributed by atoms with Gasteiger partial charge >= 0.3 is 5.97 Å². The summed E-state index contributed by atoms with van der Waals surface area (Å²) < 4.78 is 0. The average molecular weight is 495 g/mol. The Morgan fingerprint density at radius 1 is 0.543 bits per heavy atom. The first kappa shape index (κ1) is 34.5. The van der Waals surface area contributed by atoms with Gasteiger partial charge in [0.25, 0.3) is 0 Å². The van der Waals surface area contributed by atoms with Gasteiger partial charge in [0.1, 0.15) is 0 Å². The summed E-state index contributed by atoms with van der Waals surface area (Å²) in [7, 11) is 0. The van der Waals surface area contributed by atoms with E-state index in [2.05, 4.69) is 20.8 Å². The molecule has 210 valence electrons. The average Bonchev–Trinajstić information content (AvgIpc) is 2.84. The van der Waals surface area contributed by atoms with Gasteiger partial charge in [0, 0.05) is 0 Å². The second-order valence-corrected chi connectivity index (χ2v) is 12.0. The summed E-state index contributed by atoms with van der Waals surface area (Å²) in [5, 5.41) is 10.1. The van der Waals surface area contributed by atoms with Crippen LogP contribution in [-0.2, 0) is 4.79 Å². The van der Waals surface area contributed by atoms with Gasteiger partial charge in [-0.2, -0.15) is 0 Å². The van der Waals surface area contributed by atoms with Crippen LogP contribution in [0, 0.1) is 11.3 Å². The molecule has 2 heteroatoms. The van der Waals surface area contributed by atoms with Crippen molar-refractivity contribution in [2.75, 3.05) is 0 Å². The second-order valence-electron chi connectivity index (χ2n) is 12.0. The molecule has 0 aliphatic rings. The molecule has 0 bridgehead atoms. The van der Waals surface area contributed by atoms with Crippen molar-refractivity contribution >= 4 is 5.97 Å². The van der Waals surface area contributed by atoms with Crippen LogP contribution in [0.5, 0.6) is 0 Å². The summed E-state index contributed by atoms with van der Waals surface area (Å²) in [6.45, 7) is 8.86. The van der Waals surface area contributed by atoms with E-state index in [9.17, 15) is 9.90 Å². The van der Waals surface area contributed by atoms with E-state index in [-0.39, 0.29) is 0 Å².